The van der Waals surface area contributed by atoms with Crippen molar-refractivity contribution in [3.8, 4) is 0 Å². The molecule has 1 heterocycles. The molecule has 0 aliphatic carbocycles. The van der Waals surface area contributed by atoms with E-state index in [4.69, 9.17) is 19.1 Å². The van der Waals surface area contributed by atoms with Crippen LogP contribution in [0, 0.1) is 0 Å². The maximum absolute atomic E-state index is 11.6. The van der Waals surface area contributed by atoms with E-state index in [-0.39, 0.29) is 38.7 Å². The van der Waals surface area contributed by atoms with Gasteiger partial charge in [-0.3, -0.25) is 9.59 Å². The lowest BCUT2D eigenvalue weighted by Gasteiger charge is -2.18. The van der Waals surface area contributed by atoms with Gasteiger partial charge < -0.3 is 24.0 Å². The molecule has 9 heteroatoms. The maximum Gasteiger partial charge on any atom is 0.325 e. The molecular formula is C13H19N3O6. The van der Waals surface area contributed by atoms with Crippen LogP contribution >= 0.6 is 0 Å². The van der Waals surface area contributed by atoms with Crippen molar-refractivity contribution < 1.29 is 28.7 Å². The highest BCUT2D eigenvalue weighted by molar-refractivity contribution is 5.80. The normalized spacial score (nSPS) is 10.6. The third-order valence-corrected chi connectivity index (χ3v) is 2.44. The summed E-state index contributed by atoms with van der Waals surface area (Å²) in [5.41, 5.74) is 0. The van der Waals surface area contributed by atoms with Crippen LogP contribution in [0.25, 0.3) is 0 Å². The second-order valence-electron chi connectivity index (χ2n) is 4.08. The van der Waals surface area contributed by atoms with Gasteiger partial charge in [-0.2, -0.15) is 0 Å². The van der Waals surface area contributed by atoms with E-state index in [0.29, 0.717) is 5.76 Å². The van der Waals surface area contributed by atoms with Crippen LogP contribution in [0.5, 0.6) is 0 Å². The van der Waals surface area contributed by atoms with E-state index < -0.39 is 11.9 Å². The van der Waals surface area contributed by atoms with E-state index in [1.165, 1.54) is 17.3 Å². The van der Waals surface area contributed by atoms with Crippen LogP contribution < -0.4 is 4.90 Å². The first-order valence-corrected chi connectivity index (χ1v) is 6.77. The zero-order valence-corrected chi connectivity index (χ0v) is 12.5. The van der Waals surface area contributed by atoms with Gasteiger partial charge in [0, 0.05) is 6.42 Å². The first-order chi connectivity index (χ1) is 10.6. The molecular weight excluding hydrogens is 294 g/mol. The largest absolute Gasteiger partial charge is 0.465 e. The highest BCUT2D eigenvalue weighted by Gasteiger charge is 2.21. The predicted molar refractivity (Wildman–Crippen MR) is 76.0 cm³/mol. The van der Waals surface area contributed by atoms with Crippen molar-refractivity contribution in [1.82, 2.24) is 4.98 Å². The van der Waals surface area contributed by atoms with Gasteiger partial charge in [-0.25, -0.2) is 4.98 Å². The van der Waals surface area contributed by atoms with Crippen LogP contribution in [0.4, 0.5) is 6.01 Å². The van der Waals surface area contributed by atoms with Crippen molar-refractivity contribution in [1.29, 1.82) is 0 Å². The Morgan fingerprint density at radius 1 is 1.32 bits per heavy atom. The summed E-state index contributed by atoms with van der Waals surface area (Å²) in [5, 5.41) is 11.2. The number of oxime groups is 1. The highest BCUT2D eigenvalue weighted by Crippen LogP contribution is 2.15. The number of aromatic nitrogens is 1. The molecule has 0 aliphatic heterocycles. The fourth-order valence-electron chi connectivity index (χ4n) is 1.58. The Bertz CT molecular complexity index is 494. The van der Waals surface area contributed by atoms with Gasteiger partial charge in [-0.05, 0) is 13.8 Å². The minimum absolute atomic E-state index is 0.0856. The molecule has 0 amide bonds. The first kappa shape index (κ1) is 17.5. The van der Waals surface area contributed by atoms with Crippen LogP contribution in [-0.4, -0.2) is 54.6 Å². The van der Waals surface area contributed by atoms with Crippen molar-refractivity contribution in [3.63, 3.8) is 0 Å². The number of oxazole rings is 1. The molecule has 0 fully saturated rings. The SMILES string of the molecule is CCOC(=O)CN(CC(=O)OCC)c1ncc(CC=NO)o1. The fourth-order valence-corrected chi connectivity index (χ4v) is 1.58. The molecule has 0 atom stereocenters. The lowest BCUT2D eigenvalue weighted by Crippen LogP contribution is -2.36. The van der Waals surface area contributed by atoms with E-state index in [9.17, 15) is 9.59 Å². The third-order valence-electron chi connectivity index (χ3n) is 2.44. The van der Waals surface area contributed by atoms with Crippen molar-refractivity contribution in [2.45, 2.75) is 20.3 Å². The van der Waals surface area contributed by atoms with E-state index in [1.54, 1.807) is 13.8 Å². The molecule has 0 saturated carbocycles. The number of anilines is 1. The summed E-state index contributed by atoms with van der Waals surface area (Å²) in [5.74, 6) is -0.600. The molecule has 0 aromatic carbocycles. The van der Waals surface area contributed by atoms with Gasteiger partial charge in [0.15, 0.2) is 0 Å². The third kappa shape index (κ3) is 5.81. The second kappa shape index (κ2) is 9.37. The van der Waals surface area contributed by atoms with Crippen molar-refractivity contribution >= 4 is 24.2 Å². The van der Waals surface area contributed by atoms with Crippen LogP contribution in [0.2, 0.25) is 0 Å². The lowest BCUT2D eigenvalue weighted by molar-refractivity contribution is -0.142. The van der Waals surface area contributed by atoms with Gasteiger partial charge in [0.25, 0.3) is 6.01 Å². The van der Waals surface area contributed by atoms with Gasteiger partial charge in [0.2, 0.25) is 0 Å². The van der Waals surface area contributed by atoms with E-state index >= 15 is 0 Å². The van der Waals surface area contributed by atoms with E-state index in [0.717, 1.165) is 0 Å². The van der Waals surface area contributed by atoms with Crippen LogP contribution in [0.3, 0.4) is 0 Å². The molecule has 122 valence electrons. The maximum atomic E-state index is 11.6. The monoisotopic (exact) mass is 313 g/mol. The smallest absolute Gasteiger partial charge is 0.325 e. The average molecular weight is 313 g/mol. The van der Waals surface area contributed by atoms with E-state index in [2.05, 4.69) is 10.1 Å². The minimum Gasteiger partial charge on any atom is -0.465 e. The molecule has 0 spiro atoms. The summed E-state index contributed by atoms with van der Waals surface area (Å²) in [6.07, 6.45) is 2.88. The molecule has 0 radical (unpaired) electrons. The molecule has 0 saturated heterocycles. The number of carbonyl (C=O) groups is 2. The van der Waals surface area contributed by atoms with Crippen LogP contribution in [0.15, 0.2) is 15.8 Å². The van der Waals surface area contributed by atoms with Crippen LogP contribution in [0.1, 0.15) is 19.6 Å². The summed E-state index contributed by atoms with van der Waals surface area (Å²) < 4.78 is 15.1. The molecule has 1 rings (SSSR count). The number of hydrogen-bond acceptors (Lipinski definition) is 9. The van der Waals surface area contributed by atoms with Crippen molar-refractivity contribution in [3.05, 3.63) is 12.0 Å². The molecule has 0 aliphatic rings. The molecule has 9 nitrogen and oxygen atoms in total. The van der Waals surface area contributed by atoms with Gasteiger partial charge in [-0.1, -0.05) is 0 Å². The summed E-state index contributed by atoms with van der Waals surface area (Å²) in [7, 11) is 0. The van der Waals surface area contributed by atoms with Crippen molar-refractivity contribution in [2.75, 3.05) is 31.2 Å². The Balaban J connectivity index is 2.80. The first-order valence-electron chi connectivity index (χ1n) is 6.77. The van der Waals surface area contributed by atoms with Gasteiger partial charge in [0.05, 0.1) is 25.6 Å². The topological polar surface area (TPSA) is 114 Å². The second-order valence-corrected chi connectivity index (χ2v) is 4.08. The van der Waals surface area contributed by atoms with Gasteiger partial charge in [-0.15, -0.1) is 5.16 Å². The number of ether oxygens (including phenoxy) is 2. The Labute approximate surface area is 127 Å². The number of hydrogen-bond donors (Lipinski definition) is 1. The Morgan fingerprint density at radius 3 is 2.41 bits per heavy atom. The summed E-state index contributed by atoms with van der Waals surface area (Å²) in [4.78, 5) is 28.5. The number of nitrogens with zero attached hydrogens (tertiary/aromatic N) is 3. The number of esters is 2. The standard InChI is InChI=1S/C13H19N3O6/c1-3-20-11(17)8-16(9-12(18)21-4-2)13-14-7-10(22-13)5-6-15-19/h6-7,19H,3-5,8-9H2,1-2H3. The Hall–Kier alpha value is -2.58. The van der Waals surface area contributed by atoms with Crippen molar-refractivity contribution in [2.24, 2.45) is 5.16 Å². The zero-order valence-electron chi connectivity index (χ0n) is 12.5. The Morgan fingerprint density at radius 2 is 1.91 bits per heavy atom. The van der Waals surface area contributed by atoms with E-state index in [1.807, 2.05) is 0 Å². The molecule has 22 heavy (non-hydrogen) atoms. The molecule has 1 aromatic rings. The van der Waals surface area contributed by atoms with Crippen LogP contribution in [-0.2, 0) is 25.5 Å². The quantitative estimate of drug-likeness (QED) is 0.305. The molecule has 0 unspecified atom stereocenters. The predicted octanol–water partition coefficient (Wildman–Crippen LogP) is 0.610. The molecule has 1 aromatic heterocycles. The number of carbonyl (C=O) groups excluding carboxylic acids is 2. The number of rotatable bonds is 9. The lowest BCUT2D eigenvalue weighted by atomic mass is 10.4. The minimum atomic E-state index is -0.511. The Kier molecular flexibility index (Phi) is 7.44. The van der Waals surface area contributed by atoms with Gasteiger partial charge >= 0.3 is 11.9 Å². The fraction of sp³-hybridized carbons (Fsp3) is 0.538. The summed E-state index contributed by atoms with van der Waals surface area (Å²) >= 11 is 0. The zero-order chi connectivity index (χ0) is 16.4. The average Bonchev–Trinajstić information content (AvgIpc) is 2.93. The molecule has 0 bridgehead atoms. The highest BCUT2D eigenvalue weighted by atomic mass is 16.5. The molecule has 1 N–H and O–H groups in total. The summed E-state index contributed by atoms with van der Waals surface area (Å²) in [6, 6.07) is 0.0856. The van der Waals surface area contributed by atoms with Gasteiger partial charge in [0.1, 0.15) is 18.8 Å². The summed E-state index contributed by atoms with van der Waals surface area (Å²) in [6.45, 7) is 3.45.